The molecule has 1 rings (SSSR count). The summed E-state index contributed by atoms with van der Waals surface area (Å²) >= 11 is 1.62. The lowest BCUT2D eigenvalue weighted by atomic mass is 10.0. The predicted octanol–water partition coefficient (Wildman–Crippen LogP) is 3.89. The van der Waals surface area contributed by atoms with Gasteiger partial charge in [-0.15, -0.1) is 0 Å². The Morgan fingerprint density at radius 3 is 2.68 bits per heavy atom. The number of thioether (sulfide) groups is 1. The Bertz CT molecular complexity index is 374. The first-order valence-electron chi connectivity index (χ1n) is 6.32. The summed E-state index contributed by atoms with van der Waals surface area (Å²) in [5, 5.41) is 3.17. The Labute approximate surface area is 116 Å². The van der Waals surface area contributed by atoms with Crippen LogP contribution in [0.15, 0.2) is 18.5 Å². The molecule has 0 fully saturated rings. The van der Waals surface area contributed by atoms with Crippen molar-refractivity contribution in [2.75, 3.05) is 18.1 Å². The highest BCUT2D eigenvalue weighted by Gasteiger charge is 2.35. The first-order chi connectivity index (χ1) is 9.00. The van der Waals surface area contributed by atoms with Crippen molar-refractivity contribution in [3.05, 3.63) is 29.6 Å². The summed E-state index contributed by atoms with van der Waals surface area (Å²) in [6, 6.07) is 0.738. The van der Waals surface area contributed by atoms with Crippen LogP contribution in [-0.4, -0.2) is 23.0 Å². The van der Waals surface area contributed by atoms with Gasteiger partial charge in [-0.05, 0) is 24.8 Å². The van der Waals surface area contributed by atoms with Gasteiger partial charge in [-0.2, -0.15) is 24.9 Å². The van der Waals surface area contributed by atoms with E-state index in [9.17, 15) is 13.2 Å². The van der Waals surface area contributed by atoms with Gasteiger partial charge in [0.15, 0.2) is 0 Å². The quantitative estimate of drug-likeness (QED) is 0.825. The Morgan fingerprint density at radius 1 is 1.37 bits per heavy atom. The number of halogens is 3. The van der Waals surface area contributed by atoms with Crippen LogP contribution in [0, 0.1) is 0 Å². The topological polar surface area (TPSA) is 24.9 Å². The second-order valence-corrected chi connectivity index (χ2v) is 5.45. The molecule has 0 saturated heterocycles. The van der Waals surface area contributed by atoms with E-state index in [1.54, 1.807) is 11.8 Å². The molecule has 1 heterocycles. The molecule has 1 aromatic heterocycles. The van der Waals surface area contributed by atoms with E-state index in [0.717, 1.165) is 18.2 Å². The Kier molecular flexibility index (Phi) is 6.65. The van der Waals surface area contributed by atoms with Crippen LogP contribution in [0.2, 0.25) is 0 Å². The van der Waals surface area contributed by atoms with Gasteiger partial charge < -0.3 is 5.32 Å². The number of alkyl halides is 3. The molecule has 6 heteroatoms. The average molecular weight is 292 g/mol. The fraction of sp³-hybridized carbons (Fsp3) is 0.615. The summed E-state index contributed by atoms with van der Waals surface area (Å²) in [6.07, 6.45) is -0.932. The van der Waals surface area contributed by atoms with E-state index in [-0.39, 0.29) is 11.6 Å². The molecule has 2 nitrogen and oxygen atoms in total. The fourth-order valence-electron chi connectivity index (χ4n) is 1.76. The van der Waals surface area contributed by atoms with Crippen molar-refractivity contribution >= 4 is 11.8 Å². The SMILES string of the molecule is CCCNC(CSCC)c1cnccc1C(F)(F)F. The Balaban J connectivity index is 3.00. The maximum absolute atomic E-state index is 13.0. The number of rotatable bonds is 7. The molecule has 0 aliphatic heterocycles. The van der Waals surface area contributed by atoms with Gasteiger partial charge in [0, 0.05) is 29.8 Å². The molecule has 0 aromatic carbocycles. The minimum atomic E-state index is -4.33. The predicted molar refractivity (Wildman–Crippen MR) is 73.3 cm³/mol. The molecule has 0 radical (unpaired) electrons. The molecular formula is C13H19F3N2S. The summed E-state index contributed by atoms with van der Waals surface area (Å²) in [5.74, 6) is 1.50. The largest absolute Gasteiger partial charge is 0.416 e. The maximum atomic E-state index is 13.0. The molecule has 1 aromatic rings. The number of nitrogens with zero attached hydrogens (tertiary/aromatic N) is 1. The molecule has 0 saturated carbocycles. The molecular weight excluding hydrogens is 273 g/mol. The molecule has 108 valence electrons. The molecule has 0 aliphatic rings. The second kappa shape index (κ2) is 7.75. The first-order valence-corrected chi connectivity index (χ1v) is 7.48. The smallest absolute Gasteiger partial charge is 0.309 e. The first kappa shape index (κ1) is 16.3. The van der Waals surface area contributed by atoms with Crippen LogP contribution < -0.4 is 5.32 Å². The maximum Gasteiger partial charge on any atom is 0.416 e. The van der Waals surface area contributed by atoms with E-state index in [0.29, 0.717) is 12.3 Å². The van der Waals surface area contributed by atoms with Crippen molar-refractivity contribution < 1.29 is 13.2 Å². The highest BCUT2D eigenvalue weighted by molar-refractivity contribution is 7.99. The van der Waals surface area contributed by atoms with Crippen LogP contribution >= 0.6 is 11.8 Å². The zero-order valence-corrected chi connectivity index (χ0v) is 11.9. The zero-order chi connectivity index (χ0) is 14.3. The van der Waals surface area contributed by atoms with Gasteiger partial charge in [0.2, 0.25) is 0 Å². The van der Waals surface area contributed by atoms with Crippen molar-refractivity contribution in [2.45, 2.75) is 32.5 Å². The van der Waals surface area contributed by atoms with Gasteiger partial charge in [0.1, 0.15) is 0 Å². The van der Waals surface area contributed by atoms with E-state index in [4.69, 9.17) is 0 Å². The lowest BCUT2D eigenvalue weighted by molar-refractivity contribution is -0.138. The van der Waals surface area contributed by atoms with Gasteiger partial charge in [0.25, 0.3) is 0 Å². The molecule has 0 amide bonds. The van der Waals surface area contributed by atoms with Crippen LogP contribution in [0.1, 0.15) is 37.4 Å². The van der Waals surface area contributed by atoms with Crippen molar-refractivity contribution in [3.8, 4) is 0 Å². The molecule has 0 aliphatic carbocycles. The van der Waals surface area contributed by atoms with Gasteiger partial charge in [-0.1, -0.05) is 13.8 Å². The van der Waals surface area contributed by atoms with Gasteiger partial charge >= 0.3 is 6.18 Å². The van der Waals surface area contributed by atoms with Crippen LogP contribution in [0.4, 0.5) is 13.2 Å². The average Bonchev–Trinajstić information content (AvgIpc) is 2.38. The van der Waals surface area contributed by atoms with Crippen LogP contribution in [0.5, 0.6) is 0 Å². The summed E-state index contributed by atoms with van der Waals surface area (Å²) in [5.41, 5.74) is -0.350. The third kappa shape index (κ3) is 5.03. The summed E-state index contributed by atoms with van der Waals surface area (Å²) in [4.78, 5) is 3.85. The minimum absolute atomic E-state index is 0.240. The zero-order valence-electron chi connectivity index (χ0n) is 11.1. The van der Waals surface area contributed by atoms with E-state index in [1.807, 2.05) is 13.8 Å². The molecule has 1 unspecified atom stereocenters. The standard InChI is InChI=1S/C13H19F3N2S/c1-3-6-18-12(9-19-4-2)10-8-17-7-5-11(10)13(14,15)16/h5,7-8,12,18H,3-4,6,9H2,1-2H3. The Hall–Kier alpha value is -0.750. The van der Waals surface area contributed by atoms with Crippen LogP contribution in [0.25, 0.3) is 0 Å². The van der Waals surface area contributed by atoms with Crippen molar-refractivity contribution in [1.29, 1.82) is 0 Å². The lowest BCUT2D eigenvalue weighted by Crippen LogP contribution is -2.27. The van der Waals surface area contributed by atoms with Gasteiger partial charge in [-0.25, -0.2) is 0 Å². The van der Waals surface area contributed by atoms with E-state index in [2.05, 4.69) is 10.3 Å². The van der Waals surface area contributed by atoms with Crippen molar-refractivity contribution in [2.24, 2.45) is 0 Å². The monoisotopic (exact) mass is 292 g/mol. The minimum Gasteiger partial charge on any atom is -0.309 e. The van der Waals surface area contributed by atoms with Crippen LogP contribution in [0.3, 0.4) is 0 Å². The van der Waals surface area contributed by atoms with Crippen molar-refractivity contribution in [3.63, 3.8) is 0 Å². The van der Waals surface area contributed by atoms with E-state index < -0.39 is 11.7 Å². The fourth-order valence-corrected chi connectivity index (χ4v) is 2.52. The molecule has 0 bridgehead atoms. The third-order valence-electron chi connectivity index (χ3n) is 2.66. The number of hydrogen-bond acceptors (Lipinski definition) is 3. The molecule has 0 spiro atoms. The van der Waals surface area contributed by atoms with Gasteiger partial charge in [-0.3, -0.25) is 4.98 Å². The van der Waals surface area contributed by atoms with Crippen molar-refractivity contribution in [1.82, 2.24) is 10.3 Å². The Morgan fingerprint density at radius 2 is 2.11 bits per heavy atom. The summed E-state index contributed by atoms with van der Waals surface area (Å²) in [6.45, 7) is 4.68. The summed E-state index contributed by atoms with van der Waals surface area (Å²) in [7, 11) is 0. The van der Waals surface area contributed by atoms with Crippen LogP contribution in [-0.2, 0) is 6.18 Å². The second-order valence-electron chi connectivity index (χ2n) is 4.13. The normalized spacial score (nSPS) is 13.5. The molecule has 19 heavy (non-hydrogen) atoms. The van der Waals surface area contributed by atoms with E-state index in [1.165, 1.54) is 12.4 Å². The lowest BCUT2D eigenvalue weighted by Gasteiger charge is -2.22. The highest BCUT2D eigenvalue weighted by atomic mass is 32.2. The number of hydrogen-bond donors (Lipinski definition) is 1. The number of pyridine rings is 1. The molecule has 1 atom stereocenters. The highest BCUT2D eigenvalue weighted by Crippen LogP contribution is 2.34. The molecule has 1 N–H and O–H groups in total. The van der Waals surface area contributed by atoms with E-state index >= 15 is 0 Å². The number of nitrogens with one attached hydrogen (secondary N) is 1. The van der Waals surface area contributed by atoms with Gasteiger partial charge in [0.05, 0.1) is 5.56 Å². The summed E-state index contributed by atoms with van der Waals surface area (Å²) < 4.78 is 39.0. The third-order valence-corrected chi connectivity index (χ3v) is 3.64. The number of aromatic nitrogens is 1.